The number of carbonyl (C=O) groups is 1. The molecule has 3 nitrogen and oxygen atoms in total. The first-order valence-electron chi connectivity index (χ1n) is 4.69. The molecule has 76 valence electrons. The van der Waals surface area contributed by atoms with Crippen LogP contribution >= 0.6 is 12.4 Å². The minimum Gasteiger partial charge on any atom is -0.466 e. The van der Waals surface area contributed by atoms with Gasteiger partial charge < -0.3 is 10.1 Å². The Morgan fingerprint density at radius 2 is 2.08 bits per heavy atom. The molecular weight excluding hydrogens is 190 g/mol. The molecule has 1 N–H and O–H groups in total. The number of hydrogen-bond donors (Lipinski definition) is 1. The minimum atomic E-state index is -0.0168. The molecule has 4 heteroatoms. The van der Waals surface area contributed by atoms with Crippen LogP contribution in [-0.4, -0.2) is 25.7 Å². The third kappa shape index (κ3) is 2.15. The van der Waals surface area contributed by atoms with Gasteiger partial charge in [0, 0.05) is 6.42 Å². The van der Waals surface area contributed by atoms with Gasteiger partial charge >= 0.3 is 5.97 Å². The van der Waals surface area contributed by atoms with Crippen molar-refractivity contribution in [1.82, 2.24) is 5.32 Å². The molecule has 1 aliphatic heterocycles. The molecule has 0 aromatic heterocycles. The van der Waals surface area contributed by atoms with Crippen LogP contribution in [-0.2, 0) is 9.53 Å². The maximum Gasteiger partial charge on any atom is 0.306 e. The lowest BCUT2D eigenvalue weighted by molar-refractivity contribution is -0.143. The van der Waals surface area contributed by atoms with Crippen LogP contribution in [0.4, 0.5) is 0 Å². The topological polar surface area (TPSA) is 38.3 Å². The molecule has 3 atom stereocenters. The summed E-state index contributed by atoms with van der Waals surface area (Å²) in [6.07, 6.45) is 0.644. The van der Waals surface area contributed by atoms with Crippen LogP contribution in [0.3, 0.4) is 0 Å². The Hall–Kier alpha value is -0.280. The Labute approximate surface area is 84.6 Å². The van der Waals surface area contributed by atoms with Crippen LogP contribution in [0, 0.1) is 17.8 Å². The number of carbonyl (C=O) groups excluding carboxylic acids is 1. The van der Waals surface area contributed by atoms with E-state index in [2.05, 4.69) is 5.32 Å². The molecule has 1 saturated heterocycles. The monoisotopic (exact) mass is 205 g/mol. The fourth-order valence-electron chi connectivity index (χ4n) is 2.26. The minimum absolute atomic E-state index is 0. The van der Waals surface area contributed by atoms with Gasteiger partial charge in [0.05, 0.1) is 6.61 Å². The maximum atomic E-state index is 11.1. The van der Waals surface area contributed by atoms with E-state index < -0.39 is 0 Å². The average Bonchev–Trinajstić information content (AvgIpc) is 2.51. The lowest BCUT2D eigenvalue weighted by Gasteiger charge is -2.03. The van der Waals surface area contributed by atoms with Crippen LogP contribution in [0.15, 0.2) is 0 Å². The zero-order valence-electron chi connectivity index (χ0n) is 7.79. The van der Waals surface area contributed by atoms with Gasteiger partial charge in [0.1, 0.15) is 0 Å². The van der Waals surface area contributed by atoms with E-state index in [-0.39, 0.29) is 18.4 Å². The van der Waals surface area contributed by atoms with Crippen molar-refractivity contribution >= 4 is 18.4 Å². The SMILES string of the molecule is CCOC(=O)C[C@@H]1[C@@H]2CNC[C@@H]21.Cl. The van der Waals surface area contributed by atoms with Gasteiger partial charge in [-0.05, 0) is 37.8 Å². The van der Waals surface area contributed by atoms with Crippen LogP contribution in [0.5, 0.6) is 0 Å². The first kappa shape index (κ1) is 10.8. The second kappa shape index (κ2) is 4.29. The van der Waals surface area contributed by atoms with Crippen molar-refractivity contribution in [3.8, 4) is 0 Å². The van der Waals surface area contributed by atoms with Crippen LogP contribution < -0.4 is 5.32 Å². The van der Waals surface area contributed by atoms with E-state index in [0.717, 1.165) is 24.9 Å². The Morgan fingerprint density at radius 1 is 1.46 bits per heavy atom. The van der Waals surface area contributed by atoms with E-state index >= 15 is 0 Å². The van der Waals surface area contributed by atoms with Gasteiger partial charge in [-0.3, -0.25) is 4.79 Å². The molecule has 0 spiro atoms. The van der Waals surface area contributed by atoms with Gasteiger partial charge in [0.25, 0.3) is 0 Å². The normalized spacial score (nSPS) is 34.7. The van der Waals surface area contributed by atoms with Gasteiger partial charge in [-0.2, -0.15) is 0 Å². The molecule has 1 aliphatic carbocycles. The standard InChI is InChI=1S/C9H15NO2.ClH/c1-2-12-9(11)3-6-7-4-10-5-8(6)7;/h6-8,10H,2-5H2,1H3;1H/t6-,7+,8-;. The summed E-state index contributed by atoms with van der Waals surface area (Å²) in [6.45, 7) is 4.58. The smallest absolute Gasteiger partial charge is 0.306 e. The first-order valence-corrected chi connectivity index (χ1v) is 4.69. The van der Waals surface area contributed by atoms with E-state index in [4.69, 9.17) is 4.74 Å². The molecule has 0 aromatic rings. The van der Waals surface area contributed by atoms with Crippen molar-refractivity contribution in [2.75, 3.05) is 19.7 Å². The van der Waals surface area contributed by atoms with E-state index in [9.17, 15) is 4.79 Å². The number of esters is 1. The zero-order chi connectivity index (χ0) is 8.55. The second-order valence-electron chi connectivity index (χ2n) is 3.66. The highest BCUT2D eigenvalue weighted by molar-refractivity contribution is 5.85. The lowest BCUT2D eigenvalue weighted by Crippen LogP contribution is -2.16. The predicted molar refractivity (Wildman–Crippen MR) is 51.8 cm³/mol. The van der Waals surface area contributed by atoms with Gasteiger partial charge in [-0.25, -0.2) is 0 Å². The summed E-state index contributed by atoms with van der Waals surface area (Å²) in [5.74, 6) is 2.16. The number of piperidine rings is 1. The van der Waals surface area contributed by atoms with Crippen molar-refractivity contribution in [2.45, 2.75) is 13.3 Å². The van der Waals surface area contributed by atoms with E-state index in [1.165, 1.54) is 0 Å². The highest BCUT2D eigenvalue weighted by Gasteiger charge is 2.53. The summed E-state index contributed by atoms with van der Waals surface area (Å²) in [7, 11) is 0. The fraction of sp³-hybridized carbons (Fsp3) is 0.889. The first-order chi connectivity index (χ1) is 5.83. The molecular formula is C9H16ClNO2. The Balaban J connectivity index is 0.000000845. The van der Waals surface area contributed by atoms with Crippen LogP contribution in [0.25, 0.3) is 0 Å². The molecule has 2 aliphatic rings. The van der Waals surface area contributed by atoms with Crippen molar-refractivity contribution in [3.05, 3.63) is 0 Å². The number of nitrogens with one attached hydrogen (secondary N) is 1. The number of hydrogen-bond acceptors (Lipinski definition) is 3. The van der Waals surface area contributed by atoms with Crippen molar-refractivity contribution in [3.63, 3.8) is 0 Å². The highest BCUT2D eigenvalue weighted by atomic mass is 35.5. The highest BCUT2D eigenvalue weighted by Crippen LogP contribution is 2.50. The number of fused-ring (bicyclic) bond motifs is 1. The summed E-state index contributed by atoms with van der Waals surface area (Å²) >= 11 is 0. The predicted octanol–water partition coefficient (Wildman–Crippen LogP) is 0.827. The Morgan fingerprint density at radius 3 is 2.62 bits per heavy atom. The average molecular weight is 206 g/mol. The zero-order valence-corrected chi connectivity index (χ0v) is 8.60. The summed E-state index contributed by atoms with van der Waals surface area (Å²) < 4.78 is 4.90. The maximum absolute atomic E-state index is 11.1. The van der Waals surface area contributed by atoms with E-state index in [0.29, 0.717) is 18.9 Å². The van der Waals surface area contributed by atoms with Crippen molar-refractivity contribution in [2.24, 2.45) is 17.8 Å². The van der Waals surface area contributed by atoms with E-state index in [1.54, 1.807) is 0 Å². The molecule has 0 amide bonds. The van der Waals surface area contributed by atoms with E-state index in [1.807, 2.05) is 6.92 Å². The van der Waals surface area contributed by atoms with Gasteiger partial charge in [-0.1, -0.05) is 0 Å². The molecule has 2 rings (SSSR count). The summed E-state index contributed by atoms with van der Waals surface area (Å²) in [4.78, 5) is 11.1. The molecule has 1 heterocycles. The Bertz CT molecular complexity index is 188. The Kier molecular flexibility index (Phi) is 3.56. The molecule has 0 radical (unpaired) electrons. The largest absolute Gasteiger partial charge is 0.466 e. The second-order valence-corrected chi connectivity index (χ2v) is 3.66. The fourth-order valence-corrected chi connectivity index (χ4v) is 2.26. The number of rotatable bonds is 3. The quantitative estimate of drug-likeness (QED) is 0.694. The number of halogens is 1. The summed E-state index contributed by atoms with van der Waals surface area (Å²) in [6, 6.07) is 0. The summed E-state index contributed by atoms with van der Waals surface area (Å²) in [5, 5.41) is 3.30. The van der Waals surface area contributed by atoms with Crippen molar-refractivity contribution in [1.29, 1.82) is 0 Å². The molecule has 0 bridgehead atoms. The third-order valence-corrected chi connectivity index (χ3v) is 2.98. The molecule has 0 unspecified atom stereocenters. The van der Waals surface area contributed by atoms with Gasteiger partial charge in [-0.15, -0.1) is 12.4 Å². The molecule has 0 aromatic carbocycles. The van der Waals surface area contributed by atoms with Crippen LogP contribution in [0.1, 0.15) is 13.3 Å². The molecule has 1 saturated carbocycles. The lowest BCUT2D eigenvalue weighted by atomic mass is 10.2. The van der Waals surface area contributed by atoms with Gasteiger partial charge in [0.2, 0.25) is 0 Å². The molecule has 13 heavy (non-hydrogen) atoms. The number of ether oxygens (including phenoxy) is 1. The van der Waals surface area contributed by atoms with Crippen molar-refractivity contribution < 1.29 is 9.53 Å². The molecule has 2 fully saturated rings. The van der Waals surface area contributed by atoms with Gasteiger partial charge in [0.15, 0.2) is 0 Å². The van der Waals surface area contributed by atoms with Crippen LogP contribution in [0.2, 0.25) is 0 Å². The third-order valence-electron chi connectivity index (χ3n) is 2.98. The summed E-state index contributed by atoms with van der Waals surface area (Å²) in [5.41, 5.74) is 0.